The maximum atomic E-state index is 11.5. The molecular weight excluding hydrogens is 236 g/mol. The lowest BCUT2D eigenvalue weighted by atomic mass is 9.89. The molecule has 1 N–H and O–H groups in total. The Labute approximate surface area is 113 Å². The number of hydrogen-bond donors (Lipinski definition) is 1. The third-order valence-corrected chi connectivity index (χ3v) is 3.43. The van der Waals surface area contributed by atoms with E-state index >= 15 is 0 Å². The highest BCUT2D eigenvalue weighted by Crippen LogP contribution is 2.25. The van der Waals surface area contributed by atoms with Crippen LogP contribution in [0.3, 0.4) is 0 Å². The average molecular weight is 254 g/mol. The van der Waals surface area contributed by atoms with Crippen molar-refractivity contribution in [1.82, 2.24) is 0 Å². The molecule has 1 atom stereocenters. The van der Waals surface area contributed by atoms with E-state index in [1.807, 2.05) is 61.5 Å². The summed E-state index contributed by atoms with van der Waals surface area (Å²) in [6.45, 7) is 1.97. The number of hydrogen-bond acceptors (Lipinski definition) is 1. The number of aryl methyl sites for hydroxylation is 2. The van der Waals surface area contributed by atoms with Crippen LogP contribution in [-0.2, 0) is 11.2 Å². The first-order chi connectivity index (χ1) is 9.18. The fourth-order valence-electron chi connectivity index (χ4n) is 2.35. The molecule has 19 heavy (non-hydrogen) atoms. The molecule has 0 radical (unpaired) electrons. The number of aliphatic carboxylic acids is 1. The highest BCUT2D eigenvalue weighted by Gasteiger charge is 2.20. The van der Waals surface area contributed by atoms with Crippen molar-refractivity contribution < 1.29 is 9.90 Å². The van der Waals surface area contributed by atoms with Gasteiger partial charge in [0.05, 0.1) is 5.92 Å². The van der Waals surface area contributed by atoms with Gasteiger partial charge >= 0.3 is 5.97 Å². The van der Waals surface area contributed by atoms with Crippen molar-refractivity contribution >= 4 is 5.97 Å². The number of carbonyl (C=O) groups is 1. The summed E-state index contributed by atoms with van der Waals surface area (Å²) in [5, 5.41) is 9.43. The van der Waals surface area contributed by atoms with Crippen LogP contribution in [0.1, 0.15) is 29.0 Å². The molecule has 0 saturated heterocycles. The summed E-state index contributed by atoms with van der Waals surface area (Å²) in [7, 11) is 0. The highest BCUT2D eigenvalue weighted by atomic mass is 16.4. The Balaban J connectivity index is 2.14. The third-order valence-electron chi connectivity index (χ3n) is 3.43. The van der Waals surface area contributed by atoms with Gasteiger partial charge in [0, 0.05) is 0 Å². The van der Waals surface area contributed by atoms with Crippen molar-refractivity contribution in [1.29, 1.82) is 0 Å². The van der Waals surface area contributed by atoms with Gasteiger partial charge in [0.1, 0.15) is 0 Å². The summed E-state index contributed by atoms with van der Waals surface area (Å²) in [6, 6.07) is 17.7. The highest BCUT2D eigenvalue weighted by molar-refractivity contribution is 5.76. The van der Waals surface area contributed by atoms with Gasteiger partial charge in [-0.2, -0.15) is 0 Å². The van der Waals surface area contributed by atoms with Gasteiger partial charge in [-0.1, -0.05) is 54.6 Å². The molecular formula is C17H18O2. The van der Waals surface area contributed by atoms with E-state index in [0.717, 1.165) is 17.5 Å². The van der Waals surface area contributed by atoms with Crippen molar-refractivity contribution in [3.63, 3.8) is 0 Å². The molecule has 2 aromatic rings. The first-order valence-corrected chi connectivity index (χ1v) is 6.50. The second-order valence-corrected chi connectivity index (χ2v) is 4.77. The van der Waals surface area contributed by atoms with Gasteiger partial charge in [0.25, 0.3) is 0 Å². The van der Waals surface area contributed by atoms with Gasteiger partial charge < -0.3 is 5.11 Å². The van der Waals surface area contributed by atoms with Crippen molar-refractivity contribution in [2.45, 2.75) is 25.7 Å². The van der Waals surface area contributed by atoms with Gasteiger partial charge in [-0.15, -0.1) is 0 Å². The zero-order valence-electron chi connectivity index (χ0n) is 11.0. The van der Waals surface area contributed by atoms with Gasteiger partial charge in [-0.3, -0.25) is 4.79 Å². The molecule has 0 aliphatic carbocycles. The van der Waals surface area contributed by atoms with Crippen LogP contribution in [0.5, 0.6) is 0 Å². The fourth-order valence-corrected chi connectivity index (χ4v) is 2.35. The number of carboxylic acids is 1. The van der Waals surface area contributed by atoms with Crippen LogP contribution < -0.4 is 0 Å². The Morgan fingerprint density at radius 2 is 1.68 bits per heavy atom. The monoisotopic (exact) mass is 254 g/mol. The molecule has 2 rings (SSSR count). The topological polar surface area (TPSA) is 37.3 Å². The molecule has 0 aliphatic heterocycles. The molecule has 2 heteroatoms. The molecule has 0 fully saturated rings. The minimum atomic E-state index is -0.745. The lowest BCUT2D eigenvalue weighted by molar-refractivity contribution is -0.139. The summed E-state index contributed by atoms with van der Waals surface area (Å²) in [5.41, 5.74) is 3.15. The summed E-state index contributed by atoms with van der Waals surface area (Å²) < 4.78 is 0. The third kappa shape index (κ3) is 3.44. The van der Waals surface area contributed by atoms with Crippen molar-refractivity contribution in [3.05, 3.63) is 71.3 Å². The second kappa shape index (κ2) is 6.19. The van der Waals surface area contributed by atoms with Crippen LogP contribution in [0.4, 0.5) is 0 Å². The Morgan fingerprint density at radius 3 is 2.32 bits per heavy atom. The number of benzene rings is 2. The van der Waals surface area contributed by atoms with Gasteiger partial charge in [0.2, 0.25) is 0 Å². The van der Waals surface area contributed by atoms with Crippen LogP contribution in [0.25, 0.3) is 0 Å². The zero-order valence-corrected chi connectivity index (χ0v) is 11.0. The summed E-state index contributed by atoms with van der Waals surface area (Å²) in [5.74, 6) is -1.17. The average Bonchev–Trinajstić information content (AvgIpc) is 2.42. The molecule has 0 heterocycles. The van der Waals surface area contributed by atoms with E-state index in [1.54, 1.807) is 0 Å². The van der Waals surface area contributed by atoms with Gasteiger partial charge in [-0.25, -0.2) is 0 Å². The summed E-state index contributed by atoms with van der Waals surface area (Å²) in [4.78, 5) is 11.5. The Morgan fingerprint density at radius 1 is 1.05 bits per heavy atom. The molecule has 1 unspecified atom stereocenters. The van der Waals surface area contributed by atoms with Crippen LogP contribution in [0, 0.1) is 6.92 Å². The van der Waals surface area contributed by atoms with Gasteiger partial charge in [0.15, 0.2) is 0 Å². The Hall–Kier alpha value is -2.09. The SMILES string of the molecule is Cc1ccccc1C(CCc1ccccc1)C(=O)O. The first-order valence-electron chi connectivity index (χ1n) is 6.50. The van der Waals surface area contributed by atoms with Crippen molar-refractivity contribution in [2.75, 3.05) is 0 Å². The Bertz CT molecular complexity index is 546. The second-order valence-electron chi connectivity index (χ2n) is 4.77. The molecule has 0 amide bonds. The number of carboxylic acid groups (broad SMARTS) is 1. The minimum absolute atomic E-state index is 0.429. The van der Waals surface area contributed by atoms with Crippen molar-refractivity contribution in [2.24, 2.45) is 0 Å². The number of rotatable bonds is 5. The Kier molecular flexibility index (Phi) is 4.35. The minimum Gasteiger partial charge on any atom is -0.481 e. The van der Waals surface area contributed by atoms with E-state index in [-0.39, 0.29) is 0 Å². The smallest absolute Gasteiger partial charge is 0.310 e. The van der Waals surface area contributed by atoms with Crippen LogP contribution in [0.15, 0.2) is 54.6 Å². The van der Waals surface area contributed by atoms with E-state index in [2.05, 4.69) is 0 Å². The van der Waals surface area contributed by atoms with Crippen LogP contribution in [0.2, 0.25) is 0 Å². The zero-order chi connectivity index (χ0) is 13.7. The normalized spacial score (nSPS) is 12.1. The van der Waals surface area contributed by atoms with E-state index in [9.17, 15) is 9.90 Å². The summed E-state index contributed by atoms with van der Waals surface area (Å²) >= 11 is 0. The van der Waals surface area contributed by atoms with Crippen molar-refractivity contribution in [3.8, 4) is 0 Å². The maximum absolute atomic E-state index is 11.5. The quantitative estimate of drug-likeness (QED) is 0.881. The molecule has 2 aromatic carbocycles. The predicted molar refractivity (Wildman–Crippen MR) is 76.3 cm³/mol. The molecule has 0 aromatic heterocycles. The molecule has 0 aliphatic rings. The largest absolute Gasteiger partial charge is 0.481 e. The van der Waals surface area contributed by atoms with Crippen LogP contribution in [-0.4, -0.2) is 11.1 Å². The molecule has 0 saturated carbocycles. The lowest BCUT2D eigenvalue weighted by Gasteiger charge is -2.15. The molecule has 98 valence electrons. The predicted octanol–water partition coefficient (Wildman–Crippen LogP) is 3.80. The van der Waals surface area contributed by atoms with E-state index in [4.69, 9.17) is 0 Å². The summed E-state index contributed by atoms with van der Waals surface area (Å²) in [6.07, 6.45) is 1.41. The molecule has 0 bridgehead atoms. The van der Waals surface area contributed by atoms with Crippen LogP contribution >= 0.6 is 0 Å². The van der Waals surface area contributed by atoms with E-state index in [0.29, 0.717) is 6.42 Å². The first kappa shape index (κ1) is 13.3. The molecule has 0 spiro atoms. The van der Waals surface area contributed by atoms with E-state index < -0.39 is 11.9 Å². The lowest BCUT2D eigenvalue weighted by Crippen LogP contribution is -2.13. The maximum Gasteiger partial charge on any atom is 0.310 e. The van der Waals surface area contributed by atoms with E-state index in [1.165, 1.54) is 5.56 Å². The fraction of sp³-hybridized carbons (Fsp3) is 0.235. The van der Waals surface area contributed by atoms with Gasteiger partial charge in [-0.05, 0) is 36.5 Å². The standard InChI is InChI=1S/C17H18O2/c1-13-7-5-6-10-15(13)16(17(18)19)12-11-14-8-3-2-4-9-14/h2-10,16H,11-12H2,1H3,(H,18,19). The molecule has 2 nitrogen and oxygen atoms in total.